The summed E-state index contributed by atoms with van der Waals surface area (Å²) >= 11 is 0. The largest absolute Gasteiger partial charge is 0.492 e. The van der Waals surface area contributed by atoms with E-state index in [1.807, 2.05) is 6.92 Å². The van der Waals surface area contributed by atoms with Gasteiger partial charge in [0.05, 0.1) is 31.3 Å². The van der Waals surface area contributed by atoms with Crippen LogP contribution in [0.4, 0.5) is 24.9 Å². The Morgan fingerprint density at radius 2 is 1.44 bits per heavy atom. The summed E-state index contributed by atoms with van der Waals surface area (Å²) in [5, 5.41) is 46.9. The summed E-state index contributed by atoms with van der Waals surface area (Å²) < 4.78 is 40.8. The van der Waals surface area contributed by atoms with Gasteiger partial charge in [-0.15, -0.1) is 4.91 Å². The third kappa shape index (κ3) is 14.6. The molecule has 0 spiro atoms. The molecular formula is C43H67N5O15. The van der Waals surface area contributed by atoms with Crippen LogP contribution in [-0.2, 0) is 39.8 Å². The van der Waals surface area contributed by atoms with Gasteiger partial charge in [-0.25, -0.2) is 19.2 Å². The molecule has 11 atom stereocenters. The van der Waals surface area contributed by atoms with Crippen LogP contribution in [0.5, 0.6) is 0 Å². The van der Waals surface area contributed by atoms with Crippen molar-refractivity contribution in [3.63, 3.8) is 0 Å². The standard InChI is InChI=1S/C43H67N5O15/c1-23-13-18-26(20-44-36(51)57-21-24-14-16-25(47-56)17-15-24)59-32(23)29-27(45-37(52)61-40(2,3)4)19-28(46-38(53)62-41(5,6)7)33(30(29)49)60-35-31(50)34(43(11,55)22-58-35)48(12)39(54)63-42(8,9)10/h14-18,23,27-35,49-50,55H,13,19-22H2,1-12H3,(H,44,51)(H,45,52)(H,46,53). The van der Waals surface area contributed by atoms with Crippen LogP contribution in [0, 0.1) is 16.7 Å². The van der Waals surface area contributed by atoms with Gasteiger partial charge in [-0.1, -0.05) is 19.1 Å². The van der Waals surface area contributed by atoms with E-state index in [2.05, 4.69) is 21.1 Å². The lowest BCUT2D eigenvalue weighted by atomic mass is 9.71. The third-order valence-corrected chi connectivity index (χ3v) is 10.4. The number of nitroso groups, excluding NO2 is 1. The lowest BCUT2D eigenvalue weighted by molar-refractivity contribution is -0.306. The van der Waals surface area contributed by atoms with Gasteiger partial charge in [-0.05, 0) is 117 Å². The number of allylic oxidation sites excluding steroid dienone is 1. The maximum atomic E-state index is 13.4. The van der Waals surface area contributed by atoms with Crippen LogP contribution in [0.1, 0.15) is 94.6 Å². The Bertz CT molecular complexity index is 1790. The quantitative estimate of drug-likeness (QED) is 0.128. The molecule has 11 unspecified atom stereocenters. The molecular weight excluding hydrogens is 826 g/mol. The topological polar surface area (TPSA) is 262 Å². The normalized spacial score (nSPS) is 30.0. The predicted octanol–water partition coefficient (Wildman–Crippen LogP) is 4.88. The van der Waals surface area contributed by atoms with E-state index in [-0.39, 0.29) is 31.2 Å². The van der Waals surface area contributed by atoms with Crippen molar-refractivity contribution in [3.05, 3.63) is 46.6 Å². The Hall–Kier alpha value is -4.76. The number of likely N-dealkylation sites (N-methyl/N-ethyl adjacent to an activating group) is 1. The fraction of sp³-hybridized carbons (Fsp3) is 0.721. The van der Waals surface area contributed by atoms with Gasteiger partial charge in [0, 0.05) is 19.0 Å². The highest BCUT2D eigenvalue weighted by Crippen LogP contribution is 2.40. The van der Waals surface area contributed by atoms with Crippen molar-refractivity contribution in [3.8, 4) is 0 Å². The first-order valence-electron chi connectivity index (χ1n) is 21.1. The van der Waals surface area contributed by atoms with Crippen molar-refractivity contribution in [2.45, 2.75) is 167 Å². The lowest BCUT2D eigenvalue weighted by Gasteiger charge is -2.52. The fourth-order valence-electron chi connectivity index (χ4n) is 7.77. The number of amides is 4. The number of ether oxygens (including phenoxy) is 7. The first-order valence-corrected chi connectivity index (χ1v) is 21.1. The van der Waals surface area contributed by atoms with Crippen molar-refractivity contribution in [1.82, 2.24) is 20.9 Å². The third-order valence-electron chi connectivity index (χ3n) is 10.4. The summed E-state index contributed by atoms with van der Waals surface area (Å²) in [4.78, 5) is 64.5. The number of rotatable bonds is 11. The second-order valence-electron chi connectivity index (χ2n) is 19.6. The first-order chi connectivity index (χ1) is 29.1. The number of alkyl carbamates (subject to hydrolysis) is 3. The minimum Gasteiger partial charge on any atom is -0.492 e. The molecule has 2 heterocycles. The van der Waals surface area contributed by atoms with E-state index in [1.54, 1.807) is 80.5 Å². The van der Waals surface area contributed by atoms with Crippen molar-refractivity contribution >= 4 is 30.1 Å². The number of nitrogens with one attached hydrogen (secondary N) is 3. The number of carbonyl (C=O) groups excluding carboxylic acids is 4. The van der Waals surface area contributed by atoms with Gasteiger partial charge in [0.15, 0.2) is 6.29 Å². The molecule has 63 heavy (non-hydrogen) atoms. The van der Waals surface area contributed by atoms with Gasteiger partial charge < -0.3 is 69.3 Å². The van der Waals surface area contributed by atoms with Crippen molar-refractivity contribution in [2.24, 2.45) is 17.0 Å². The molecule has 0 bridgehead atoms. The molecule has 3 aliphatic rings. The van der Waals surface area contributed by atoms with Crippen LogP contribution >= 0.6 is 0 Å². The molecule has 0 aromatic heterocycles. The zero-order valence-electron chi connectivity index (χ0n) is 38.3. The Morgan fingerprint density at radius 3 is 2.00 bits per heavy atom. The maximum Gasteiger partial charge on any atom is 0.410 e. The van der Waals surface area contributed by atoms with Gasteiger partial charge in [-0.3, -0.25) is 0 Å². The Balaban J connectivity index is 1.65. The van der Waals surface area contributed by atoms with Gasteiger partial charge in [-0.2, -0.15) is 0 Å². The summed E-state index contributed by atoms with van der Waals surface area (Å²) in [6.45, 7) is 17.8. The molecule has 20 nitrogen and oxygen atoms in total. The molecule has 1 aromatic carbocycles. The van der Waals surface area contributed by atoms with Crippen molar-refractivity contribution < 1.29 is 67.7 Å². The van der Waals surface area contributed by atoms with Crippen LogP contribution in [0.3, 0.4) is 0 Å². The van der Waals surface area contributed by atoms with E-state index in [1.165, 1.54) is 26.1 Å². The molecule has 1 saturated carbocycles. The number of nitrogens with zero attached hydrogens (tertiary/aromatic N) is 2. The van der Waals surface area contributed by atoms with Gasteiger partial charge in [0.2, 0.25) is 0 Å². The zero-order valence-corrected chi connectivity index (χ0v) is 38.3. The van der Waals surface area contributed by atoms with Gasteiger partial charge in [0.1, 0.15) is 58.8 Å². The zero-order chi connectivity index (χ0) is 47.2. The molecule has 20 heteroatoms. The highest BCUT2D eigenvalue weighted by molar-refractivity contribution is 5.70. The predicted molar refractivity (Wildman–Crippen MR) is 226 cm³/mol. The second-order valence-corrected chi connectivity index (χ2v) is 19.6. The monoisotopic (exact) mass is 893 g/mol. The number of hydrogen-bond acceptors (Lipinski definition) is 16. The summed E-state index contributed by atoms with van der Waals surface area (Å²) in [6.07, 6.45) is -8.20. The van der Waals surface area contributed by atoms with E-state index >= 15 is 0 Å². The molecule has 6 N–H and O–H groups in total. The van der Waals surface area contributed by atoms with E-state index in [4.69, 9.17) is 33.2 Å². The smallest absolute Gasteiger partial charge is 0.410 e. The molecule has 4 rings (SSSR count). The molecule has 354 valence electrons. The average molecular weight is 894 g/mol. The summed E-state index contributed by atoms with van der Waals surface area (Å²) in [5.74, 6) is -0.938. The minimum absolute atomic E-state index is 0.0766. The molecule has 1 aliphatic carbocycles. The number of aliphatic hydroxyl groups excluding tert-OH is 2. The molecule has 4 amide bonds. The van der Waals surface area contributed by atoms with Crippen LogP contribution in [-0.4, -0.2) is 136 Å². The Morgan fingerprint density at radius 1 is 0.873 bits per heavy atom. The number of benzene rings is 1. The summed E-state index contributed by atoms with van der Waals surface area (Å²) in [5.41, 5.74) is -3.64. The van der Waals surface area contributed by atoms with Crippen molar-refractivity contribution in [2.75, 3.05) is 20.2 Å². The van der Waals surface area contributed by atoms with Gasteiger partial charge in [0.25, 0.3) is 0 Å². The average Bonchev–Trinajstić information content (AvgIpc) is 3.14. The van der Waals surface area contributed by atoms with Crippen molar-refractivity contribution in [1.29, 1.82) is 0 Å². The molecule has 2 aliphatic heterocycles. The molecule has 0 radical (unpaired) electrons. The van der Waals surface area contributed by atoms with E-state index in [0.29, 0.717) is 17.7 Å². The number of hydrogen-bond donors (Lipinski definition) is 6. The molecule has 1 aromatic rings. The highest BCUT2D eigenvalue weighted by atomic mass is 16.7. The maximum absolute atomic E-state index is 13.4. The number of carbonyl (C=O) groups is 4. The second kappa shape index (κ2) is 20.4. The Kier molecular flexibility index (Phi) is 16.5. The molecule has 1 saturated heterocycles. The lowest BCUT2D eigenvalue weighted by Crippen LogP contribution is -2.70. The SMILES string of the molecule is CC1CC=C(CNC(=O)OCc2ccc(N=O)cc2)OC1C1C(NC(=O)OC(C)(C)C)CC(NC(=O)OC(C)(C)C)C(OC2OCC(C)(O)C(N(C)C(=O)OC(C)(C)C)C2O)C1O. The summed E-state index contributed by atoms with van der Waals surface area (Å²) in [7, 11) is 1.36. The number of aliphatic hydroxyl groups is 3. The van der Waals surface area contributed by atoms with E-state index in [9.17, 15) is 39.4 Å². The van der Waals surface area contributed by atoms with Crippen LogP contribution < -0.4 is 16.0 Å². The minimum atomic E-state index is -1.79. The van der Waals surface area contributed by atoms with E-state index in [0.717, 1.165) is 4.90 Å². The van der Waals surface area contributed by atoms with Crippen LogP contribution in [0.15, 0.2) is 41.3 Å². The van der Waals surface area contributed by atoms with E-state index < -0.39 is 108 Å². The summed E-state index contributed by atoms with van der Waals surface area (Å²) in [6, 6.07) is 2.84. The van der Waals surface area contributed by atoms with Crippen LogP contribution in [0.2, 0.25) is 0 Å². The first kappa shape index (κ1) is 50.9. The van der Waals surface area contributed by atoms with Gasteiger partial charge >= 0.3 is 24.4 Å². The molecule has 2 fully saturated rings. The van der Waals surface area contributed by atoms with Crippen LogP contribution in [0.25, 0.3) is 0 Å². The Labute approximate surface area is 368 Å². The highest BCUT2D eigenvalue weighted by Gasteiger charge is 2.56. The fourth-order valence-corrected chi connectivity index (χ4v) is 7.77.